The van der Waals surface area contributed by atoms with Crippen LogP contribution in [0.5, 0.6) is 0 Å². The Balaban J connectivity index is 1.71. The van der Waals surface area contributed by atoms with Crippen molar-refractivity contribution in [3.05, 3.63) is 29.8 Å². The highest BCUT2D eigenvalue weighted by molar-refractivity contribution is 5.83. The van der Waals surface area contributed by atoms with Crippen molar-refractivity contribution in [1.29, 1.82) is 5.26 Å². The first-order valence-corrected chi connectivity index (χ1v) is 10.4. The molecule has 3 N–H and O–H groups in total. The van der Waals surface area contributed by atoms with Crippen molar-refractivity contribution in [1.82, 2.24) is 15.5 Å². The summed E-state index contributed by atoms with van der Waals surface area (Å²) in [5.41, 5.74) is 0.750. The maximum absolute atomic E-state index is 12.5. The number of ether oxygens (including phenoxy) is 1. The molecule has 1 atom stereocenters. The number of nitriles is 1. The van der Waals surface area contributed by atoms with Crippen molar-refractivity contribution in [2.45, 2.75) is 39.2 Å². The first-order valence-electron chi connectivity index (χ1n) is 10.4. The molecule has 1 saturated heterocycles. The number of hydrogen-bond donors (Lipinski definition) is 3. The van der Waals surface area contributed by atoms with Crippen molar-refractivity contribution < 1.29 is 19.1 Å². The van der Waals surface area contributed by atoms with Gasteiger partial charge in [0.2, 0.25) is 11.8 Å². The fourth-order valence-electron chi connectivity index (χ4n) is 3.18. The van der Waals surface area contributed by atoms with Crippen LogP contribution in [0, 0.1) is 17.2 Å². The van der Waals surface area contributed by atoms with Gasteiger partial charge < -0.3 is 25.6 Å². The van der Waals surface area contributed by atoms with Crippen LogP contribution in [-0.2, 0) is 14.3 Å². The van der Waals surface area contributed by atoms with Crippen molar-refractivity contribution in [2.75, 3.05) is 38.0 Å². The van der Waals surface area contributed by atoms with E-state index in [9.17, 15) is 14.4 Å². The highest BCUT2D eigenvalue weighted by Gasteiger charge is 2.28. The Hall–Kier alpha value is -3.28. The zero-order valence-corrected chi connectivity index (χ0v) is 18.4. The Morgan fingerprint density at radius 1 is 1.16 bits per heavy atom. The van der Waals surface area contributed by atoms with E-state index < -0.39 is 11.7 Å². The average molecular weight is 430 g/mol. The lowest BCUT2D eigenvalue weighted by atomic mass is 9.97. The minimum atomic E-state index is -0.569. The molecule has 0 radical (unpaired) electrons. The van der Waals surface area contributed by atoms with E-state index in [0.717, 1.165) is 18.5 Å². The maximum Gasteiger partial charge on any atom is 0.407 e. The smallest absolute Gasteiger partial charge is 0.407 e. The fraction of sp³-hybridized carbons (Fsp3) is 0.545. The minimum absolute atomic E-state index is 0.0755. The normalized spacial score (nSPS) is 16.1. The predicted octanol–water partition coefficient (Wildman–Crippen LogP) is 1.85. The number of piperidine rings is 1. The summed E-state index contributed by atoms with van der Waals surface area (Å²) in [5.74, 6) is -0.467. The highest BCUT2D eigenvalue weighted by atomic mass is 16.6. The number of nitrogens with zero attached hydrogens (tertiary/aromatic N) is 2. The summed E-state index contributed by atoms with van der Waals surface area (Å²) in [7, 11) is 0. The monoisotopic (exact) mass is 429 g/mol. The van der Waals surface area contributed by atoms with Gasteiger partial charge in [0.1, 0.15) is 5.60 Å². The highest BCUT2D eigenvalue weighted by Crippen LogP contribution is 2.17. The van der Waals surface area contributed by atoms with Crippen LogP contribution in [0.2, 0.25) is 0 Å². The van der Waals surface area contributed by atoms with Crippen molar-refractivity contribution in [2.24, 2.45) is 5.92 Å². The van der Waals surface area contributed by atoms with E-state index in [1.807, 2.05) is 0 Å². The number of amides is 3. The second-order valence-corrected chi connectivity index (χ2v) is 8.44. The SMILES string of the molecule is CC(C)(C)OC(=O)NCCNC(=O)C1CCCN(C(=O)CNc2ccc(C#N)cc2)C1. The number of benzene rings is 1. The standard InChI is InChI=1S/C22H31N5O4/c1-22(2,3)31-21(30)25-11-10-24-20(29)17-5-4-12-27(15-17)19(28)14-26-18-8-6-16(13-23)7-9-18/h6-9,17,26H,4-5,10-12,14-15H2,1-3H3,(H,24,29)(H,25,30). The van der Waals surface area contributed by atoms with Crippen molar-refractivity contribution in [3.63, 3.8) is 0 Å². The summed E-state index contributed by atoms with van der Waals surface area (Å²) < 4.78 is 5.14. The summed E-state index contributed by atoms with van der Waals surface area (Å²) in [6.45, 7) is 7.03. The molecular weight excluding hydrogens is 398 g/mol. The lowest BCUT2D eigenvalue weighted by Gasteiger charge is -2.32. The van der Waals surface area contributed by atoms with Crippen molar-refractivity contribution in [3.8, 4) is 6.07 Å². The molecule has 9 heteroatoms. The van der Waals surface area contributed by atoms with Gasteiger partial charge in [-0.3, -0.25) is 9.59 Å². The molecule has 0 aromatic heterocycles. The van der Waals surface area contributed by atoms with Crippen LogP contribution in [0.3, 0.4) is 0 Å². The Morgan fingerprint density at radius 3 is 2.48 bits per heavy atom. The third-order valence-electron chi connectivity index (χ3n) is 4.70. The molecule has 1 aromatic carbocycles. The van der Waals surface area contributed by atoms with E-state index in [2.05, 4.69) is 22.0 Å². The predicted molar refractivity (Wildman–Crippen MR) is 116 cm³/mol. The van der Waals surface area contributed by atoms with Gasteiger partial charge in [0.05, 0.1) is 24.1 Å². The molecule has 1 fully saturated rings. The van der Waals surface area contributed by atoms with Gasteiger partial charge in [0.25, 0.3) is 0 Å². The molecule has 3 amide bonds. The van der Waals surface area contributed by atoms with E-state index in [1.54, 1.807) is 49.9 Å². The zero-order valence-electron chi connectivity index (χ0n) is 18.4. The van der Waals surface area contributed by atoms with Crippen LogP contribution in [0.1, 0.15) is 39.2 Å². The largest absolute Gasteiger partial charge is 0.444 e. The van der Waals surface area contributed by atoms with Gasteiger partial charge in [0, 0.05) is 31.9 Å². The molecule has 1 aliphatic rings. The number of rotatable bonds is 7. The van der Waals surface area contributed by atoms with Crippen LogP contribution in [-0.4, -0.2) is 61.1 Å². The van der Waals surface area contributed by atoms with Crippen LogP contribution >= 0.6 is 0 Å². The molecule has 0 saturated carbocycles. The molecule has 0 spiro atoms. The molecule has 1 aromatic rings. The molecule has 0 bridgehead atoms. The lowest BCUT2D eigenvalue weighted by Crippen LogP contribution is -2.48. The van der Waals surface area contributed by atoms with Gasteiger partial charge in [0.15, 0.2) is 0 Å². The zero-order chi connectivity index (χ0) is 22.9. The molecule has 1 aliphatic heterocycles. The Kier molecular flexibility index (Phi) is 8.67. The molecule has 1 unspecified atom stereocenters. The molecule has 1 heterocycles. The first kappa shape index (κ1) is 24.0. The second kappa shape index (κ2) is 11.2. The Morgan fingerprint density at radius 2 is 1.84 bits per heavy atom. The topological polar surface area (TPSA) is 124 Å². The van der Waals surface area contributed by atoms with Crippen LogP contribution in [0.25, 0.3) is 0 Å². The van der Waals surface area contributed by atoms with Gasteiger partial charge in [-0.25, -0.2) is 4.79 Å². The average Bonchev–Trinajstić information content (AvgIpc) is 2.74. The molecular formula is C22H31N5O4. The van der Waals surface area contributed by atoms with E-state index in [-0.39, 0.29) is 30.8 Å². The minimum Gasteiger partial charge on any atom is -0.444 e. The first-order chi connectivity index (χ1) is 14.7. The van der Waals surface area contributed by atoms with Gasteiger partial charge >= 0.3 is 6.09 Å². The summed E-state index contributed by atoms with van der Waals surface area (Å²) in [5, 5.41) is 17.3. The quantitative estimate of drug-likeness (QED) is 0.569. The van der Waals surface area contributed by atoms with Crippen LogP contribution in [0.15, 0.2) is 24.3 Å². The van der Waals surface area contributed by atoms with Gasteiger partial charge in [-0.2, -0.15) is 5.26 Å². The van der Waals surface area contributed by atoms with Gasteiger partial charge in [-0.1, -0.05) is 0 Å². The molecule has 168 valence electrons. The molecule has 2 rings (SSSR count). The number of carbonyl (C=O) groups is 3. The molecule has 31 heavy (non-hydrogen) atoms. The van der Waals surface area contributed by atoms with Gasteiger partial charge in [-0.15, -0.1) is 0 Å². The summed E-state index contributed by atoms with van der Waals surface area (Å²) in [6, 6.07) is 8.93. The van der Waals surface area contributed by atoms with Crippen molar-refractivity contribution >= 4 is 23.6 Å². The summed E-state index contributed by atoms with van der Waals surface area (Å²) in [4.78, 5) is 38.3. The number of carbonyl (C=O) groups excluding carboxylic acids is 3. The van der Waals surface area contributed by atoms with E-state index in [0.29, 0.717) is 25.2 Å². The number of anilines is 1. The Labute approximate surface area is 183 Å². The summed E-state index contributed by atoms with van der Waals surface area (Å²) in [6.07, 6.45) is 0.959. The molecule has 9 nitrogen and oxygen atoms in total. The number of likely N-dealkylation sites (tertiary alicyclic amines) is 1. The third kappa shape index (κ3) is 8.54. The van der Waals surface area contributed by atoms with Gasteiger partial charge in [-0.05, 0) is 57.9 Å². The number of nitrogens with one attached hydrogen (secondary N) is 3. The number of hydrogen-bond acceptors (Lipinski definition) is 6. The van der Waals surface area contributed by atoms with Crippen LogP contribution in [0.4, 0.5) is 10.5 Å². The third-order valence-corrected chi connectivity index (χ3v) is 4.70. The summed E-state index contributed by atoms with van der Waals surface area (Å²) >= 11 is 0. The maximum atomic E-state index is 12.5. The lowest BCUT2D eigenvalue weighted by molar-refractivity contribution is -0.134. The Bertz CT molecular complexity index is 811. The fourth-order valence-corrected chi connectivity index (χ4v) is 3.18. The van der Waals surface area contributed by atoms with E-state index in [4.69, 9.17) is 10.00 Å². The number of alkyl carbamates (subject to hydrolysis) is 1. The van der Waals surface area contributed by atoms with E-state index >= 15 is 0 Å². The second-order valence-electron chi connectivity index (χ2n) is 8.44. The van der Waals surface area contributed by atoms with E-state index in [1.165, 1.54) is 0 Å². The van der Waals surface area contributed by atoms with Crippen LogP contribution < -0.4 is 16.0 Å². The molecule has 0 aliphatic carbocycles.